The number of pyridine rings is 1. The molecule has 1 unspecified atom stereocenters. The van der Waals surface area contributed by atoms with Gasteiger partial charge in [-0.3, -0.25) is 4.98 Å². The van der Waals surface area contributed by atoms with E-state index in [0.717, 1.165) is 66.0 Å². The number of nitrogens with one attached hydrogen (secondary N) is 1. The molecule has 2 saturated heterocycles. The van der Waals surface area contributed by atoms with Crippen LogP contribution >= 0.6 is 0 Å². The van der Waals surface area contributed by atoms with Crippen molar-refractivity contribution in [1.82, 2.24) is 25.2 Å². The fourth-order valence-electron chi connectivity index (χ4n) is 5.78. The first-order chi connectivity index (χ1) is 18.2. The van der Waals surface area contributed by atoms with Crippen molar-refractivity contribution in [3.05, 3.63) is 53.5 Å². The number of anilines is 1. The summed E-state index contributed by atoms with van der Waals surface area (Å²) in [5, 5.41) is 14.9. The molecule has 3 atom stereocenters. The van der Waals surface area contributed by atoms with Crippen LogP contribution in [0.2, 0.25) is 0 Å². The minimum atomic E-state index is -0.142. The van der Waals surface area contributed by atoms with Gasteiger partial charge in [-0.2, -0.15) is 15.2 Å². The van der Waals surface area contributed by atoms with Crippen LogP contribution in [-0.4, -0.2) is 71.8 Å². The highest BCUT2D eigenvalue weighted by atomic mass is 16.5. The average Bonchev–Trinajstić information content (AvgIpc) is 3.35. The molecule has 5 heterocycles. The number of benzene rings is 1. The molecule has 0 saturated carbocycles. The van der Waals surface area contributed by atoms with Gasteiger partial charge in [-0.25, -0.2) is 0 Å². The van der Waals surface area contributed by atoms with E-state index < -0.39 is 0 Å². The molecule has 37 heavy (non-hydrogen) atoms. The van der Waals surface area contributed by atoms with Crippen molar-refractivity contribution in [2.75, 3.05) is 44.7 Å². The standard InChI is InChI=1S/C28H33N7O2/c1-34-11-4-6-21(34)17-37-28-32-25-13-26(23-15-30-14-19-5-2-3-7-22(19)23)36-18-24(25)27(33-28)35-12-10-31-20(16-35)8-9-29/h2-3,5,7,14-15,20-21,26,31H,4,6,8,10-13,16-18H2,1H3/t20-,21-,26?/m0/s1. The summed E-state index contributed by atoms with van der Waals surface area (Å²) in [7, 11) is 2.15. The third-order valence-corrected chi connectivity index (χ3v) is 7.87. The van der Waals surface area contributed by atoms with Gasteiger partial charge >= 0.3 is 6.01 Å². The Hall–Kier alpha value is -3.32. The number of hydrogen-bond donors (Lipinski definition) is 1. The van der Waals surface area contributed by atoms with Crippen LogP contribution in [0, 0.1) is 11.3 Å². The predicted molar refractivity (Wildman–Crippen MR) is 140 cm³/mol. The summed E-state index contributed by atoms with van der Waals surface area (Å²) in [6.45, 7) is 4.45. The van der Waals surface area contributed by atoms with Crippen LogP contribution in [0.3, 0.4) is 0 Å². The lowest BCUT2D eigenvalue weighted by molar-refractivity contribution is 0.0263. The molecule has 0 aliphatic carbocycles. The number of rotatable bonds is 6. The Bertz CT molecular complexity index is 1300. The zero-order chi connectivity index (χ0) is 25.2. The van der Waals surface area contributed by atoms with E-state index in [-0.39, 0.29) is 12.1 Å². The predicted octanol–water partition coefficient (Wildman–Crippen LogP) is 3.00. The van der Waals surface area contributed by atoms with Crippen LogP contribution < -0.4 is 15.0 Å². The van der Waals surface area contributed by atoms with Crippen molar-refractivity contribution in [2.24, 2.45) is 0 Å². The Morgan fingerprint density at radius 1 is 1.22 bits per heavy atom. The Morgan fingerprint density at radius 3 is 3.00 bits per heavy atom. The third-order valence-electron chi connectivity index (χ3n) is 7.87. The SMILES string of the molecule is CN1CCC[C@H]1COc1nc2c(c(N3CCN[C@@H](CC#N)C3)n1)COC(c1cncc3ccccc13)C2. The first-order valence-corrected chi connectivity index (χ1v) is 13.2. The molecule has 192 valence electrons. The summed E-state index contributed by atoms with van der Waals surface area (Å²) >= 11 is 0. The molecular weight excluding hydrogens is 466 g/mol. The summed E-state index contributed by atoms with van der Waals surface area (Å²) in [4.78, 5) is 18.9. The van der Waals surface area contributed by atoms with E-state index in [1.807, 2.05) is 18.5 Å². The van der Waals surface area contributed by atoms with E-state index >= 15 is 0 Å². The Labute approximate surface area is 217 Å². The van der Waals surface area contributed by atoms with Gasteiger partial charge in [0.25, 0.3) is 0 Å². The second kappa shape index (κ2) is 10.6. The number of fused-ring (bicyclic) bond motifs is 2. The van der Waals surface area contributed by atoms with Gasteiger partial charge in [0.15, 0.2) is 0 Å². The summed E-state index contributed by atoms with van der Waals surface area (Å²) in [6.07, 6.45) is 7.09. The largest absolute Gasteiger partial charge is 0.462 e. The maximum Gasteiger partial charge on any atom is 0.318 e. The molecule has 3 aliphatic rings. The molecule has 3 aliphatic heterocycles. The quantitative estimate of drug-likeness (QED) is 0.549. The number of likely N-dealkylation sites (N-methyl/N-ethyl adjacent to an activating group) is 1. The topological polar surface area (TPSA) is 99.4 Å². The van der Waals surface area contributed by atoms with Crippen LogP contribution in [0.1, 0.15) is 42.2 Å². The van der Waals surface area contributed by atoms with Crippen LogP contribution in [0.4, 0.5) is 5.82 Å². The summed E-state index contributed by atoms with van der Waals surface area (Å²) < 4.78 is 12.7. The van der Waals surface area contributed by atoms with Gasteiger partial charge in [0.1, 0.15) is 12.4 Å². The van der Waals surface area contributed by atoms with Crippen molar-refractivity contribution < 1.29 is 9.47 Å². The van der Waals surface area contributed by atoms with Gasteiger partial charge in [-0.1, -0.05) is 24.3 Å². The molecule has 0 amide bonds. The molecule has 9 heteroatoms. The van der Waals surface area contributed by atoms with E-state index in [4.69, 9.17) is 19.4 Å². The van der Waals surface area contributed by atoms with E-state index in [1.165, 1.54) is 6.42 Å². The summed E-state index contributed by atoms with van der Waals surface area (Å²) in [5.74, 6) is 0.874. The van der Waals surface area contributed by atoms with Crippen LogP contribution in [-0.2, 0) is 17.8 Å². The third kappa shape index (κ3) is 4.97. The maximum absolute atomic E-state index is 9.24. The molecule has 2 fully saturated rings. The summed E-state index contributed by atoms with van der Waals surface area (Å²) in [5.41, 5.74) is 3.07. The molecule has 1 N–H and O–H groups in total. The molecule has 9 nitrogen and oxygen atoms in total. The maximum atomic E-state index is 9.24. The lowest BCUT2D eigenvalue weighted by Gasteiger charge is -2.36. The molecule has 6 rings (SSSR count). The van der Waals surface area contributed by atoms with Crippen molar-refractivity contribution in [3.63, 3.8) is 0 Å². The Balaban J connectivity index is 1.32. The number of nitriles is 1. The van der Waals surface area contributed by atoms with E-state index in [9.17, 15) is 5.26 Å². The van der Waals surface area contributed by atoms with Crippen molar-refractivity contribution in [2.45, 2.75) is 50.5 Å². The fourth-order valence-corrected chi connectivity index (χ4v) is 5.78. The minimum Gasteiger partial charge on any atom is -0.462 e. The number of nitrogens with zero attached hydrogens (tertiary/aromatic N) is 6. The van der Waals surface area contributed by atoms with Gasteiger partial charge in [0.2, 0.25) is 0 Å². The molecule has 3 aromatic rings. The zero-order valence-corrected chi connectivity index (χ0v) is 21.3. The monoisotopic (exact) mass is 499 g/mol. The lowest BCUT2D eigenvalue weighted by Crippen LogP contribution is -2.51. The molecule has 0 spiro atoms. The van der Waals surface area contributed by atoms with Crippen LogP contribution in [0.15, 0.2) is 36.7 Å². The van der Waals surface area contributed by atoms with Gasteiger partial charge in [-0.05, 0) is 31.8 Å². The molecule has 2 aromatic heterocycles. The Kier molecular flexibility index (Phi) is 6.87. The zero-order valence-electron chi connectivity index (χ0n) is 21.3. The highest BCUT2D eigenvalue weighted by Crippen LogP contribution is 2.37. The summed E-state index contributed by atoms with van der Waals surface area (Å²) in [6, 6.07) is 11.5. The van der Waals surface area contributed by atoms with Crippen LogP contribution in [0.25, 0.3) is 10.8 Å². The van der Waals surface area contributed by atoms with Gasteiger partial charge < -0.3 is 24.6 Å². The average molecular weight is 500 g/mol. The molecule has 1 aromatic carbocycles. The van der Waals surface area contributed by atoms with E-state index in [0.29, 0.717) is 38.1 Å². The van der Waals surface area contributed by atoms with Gasteiger partial charge in [0.05, 0.1) is 30.9 Å². The number of ether oxygens (including phenoxy) is 2. The highest BCUT2D eigenvalue weighted by Gasteiger charge is 2.31. The molecule has 0 radical (unpaired) electrons. The smallest absolute Gasteiger partial charge is 0.318 e. The molecule has 0 bridgehead atoms. The number of likely N-dealkylation sites (tertiary alicyclic amines) is 1. The fraction of sp³-hybridized carbons (Fsp3) is 0.500. The number of hydrogen-bond acceptors (Lipinski definition) is 9. The Morgan fingerprint density at radius 2 is 2.14 bits per heavy atom. The second-order valence-electron chi connectivity index (χ2n) is 10.3. The number of piperazine rings is 1. The minimum absolute atomic E-state index is 0.111. The lowest BCUT2D eigenvalue weighted by atomic mass is 9.96. The molecular formula is C28H33N7O2. The van der Waals surface area contributed by atoms with E-state index in [2.05, 4.69) is 51.4 Å². The first kappa shape index (κ1) is 24.0. The number of aromatic nitrogens is 3. The highest BCUT2D eigenvalue weighted by molar-refractivity contribution is 5.85. The normalized spacial score (nSPS) is 24.1. The van der Waals surface area contributed by atoms with Crippen LogP contribution in [0.5, 0.6) is 6.01 Å². The van der Waals surface area contributed by atoms with Gasteiger partial charge in [-0.15, -0.1) is 0 Å². The van der Waals surface area contributed by atoms with Crippen molar-refractivity contribution in [3.8, 4) is 12.1 Å². The van der Waals surface area contributed by atoms with E-state index in [1.54, 1.807) is 0 Å². The van der Waals surface area contributed by atoms with Crippen molar-refractivity contribution >= 4 is 16.6 Å². The first-order valence-electron chi connectivity index (χ1n) is 13.2. The van der Waals surface area contributed by atoms with Crippen molar-refractivity contribution in [1.29, 1.82) is 5.26 Å². The second-order valence-corrected chi connectivity index (χ2v) is 10.3. The van der Waals surface area contributed by atoms with Gasteiger partial charge in [0, 0.05) is 67.0 Å².